The summed E-state index contributed by atoms with van der Waals surface area (Å²) in [4.78, 5) is 0. The topological polar surface area (TPSA) is 49.4 Å². The minimum absolute atomic E-state index is 0.234. The lowest BCUT2D eigenvalue weighted by Crippen LogP contribution is -1.94. The second kappa shape index (κ2) is 7.88. The molecule has 3 nitrogen and oxygen atoms in total. The summed E-state index contributed by atoms with van der Waals surface area (Å²) in [5.41, 5.74) is 0. The third-order valence-corrected chi connectivity index (χ3v) is 1.03. The third kappa shape index (κ3) is 7.88. The molecule has 0 amide bonds. The molecule has 0 aromatic carbocycles. The summed E-state index contributed by atoms with van der Waals surface area (Å²) in [6.07, 6.45) is 2.63. The quantitative estimate of drug-likeness (QED) is 0.425. The molecule has 0 atom stereocenters. The van der Waals surface area contributed by atoms with Gasteiger partial charge in [-0.25, -0.2) is 5.11 Å². The smallest absolute Gasteiger partial charge is 0.180 e. The van der Waals surface area contributed by atoms with Crippen LogP contribution in [-0.4, -0.2) is 25.1 Å². The minimum Gasteiger partial charge on any atom is -0.396 e. The van der Waals surface area contributed by atoms with Crippen LogP contribution >= 0.6 is 0 Å². The average molecular weight is 133 g/mol. The molecule has 0 aliphatic rings. The van der Waals surface area contributed by atoms with Crippen molar-refractivity contribution in [2.75, 3.05) is 20.0 Å². The Hall–Kier alpha value is -0.120. The Morgan fingerprint density at radius 3 is 2.56 bits per heavy atom. The van der Waals surface area contributed by atoms with E-state index in [9.17, 15) is 5.11 Å². The van der Waals surface area contributed by atoms with E-state index < -0.39 is 6.79 Å². The Morgan fingerprint density at radius 1 is 1.22 bits per heavy atom. The van der Waals surface area contributed by atoms with Crippen LogP contribution in [0.2, 0.25) is 0 Å². The van der Waals surface area contributed by atoms with Crippen molar-refractivity contribution in [1.29, 1.82) is 0 Å². The summed E-state index contributed by atoms with van der Waals surface area (Å²) in [6.45, 7) is 0.319. The summed E-state index contributed by atoms with van der Waals surface area (Å²) >= 11 is 0. The molecule has 0 bridgehead atoms. The van der Waals surface area contributed by atoms with Gasteiger partial charge in [-0.3, -0.25) is 0 Å². The van der Waals surface area contributed by atoms with Crippen molar-refractivity contribution in [2.24, 2.45) is 0 Å². The van der Waals surface area contributed by atoms with Crippen LogP contribution in [-0.2, 0) is 9.84 Å². The van der Waals surface area contributed by atoms with E-state index in [1.54, 1.807) is 0 Å². The van der Waals surface area contributed by atoms with E-state index >= 15 is 0 Å². The number of hydrogen-bond acceptors (Lipinski definition) is 2. The van der Waals surface area contributed by atoms with Gasteiger partial charge in [0.1, 0.15) is 0 Å². The van der Waals surface area contributed by atoms with Gasteiger partial charge in [-0.15, -0.1) is 0 Å². The molecule has 0 saturated carbocycles. The lowest BCUT2D eigenvalue weighted by Gasteiger charge is -1.96. The van der Waals surface area contributed by atoms with E-state index in [2.05, 4.69) is 4.74 Å². The number of rotatable bonds is 6. The molecule has 0 unspecified atom stereocenters. The molecule has 1 N–H and O–H groups in total. The van der Waals surface area contributed by atoms with Crippen LogP contribution in [0, 0.1) is 0 Å². The second-order valence-corrected chi connectivity index (χ2v) is 1.81. The molecule has 0 spiro atoms. The number of aliphatic hydroxyl groups excluding tert-OH is 1. The Kier molecular flexibility index (Phi) is 7.77. The van der Waals surface area contributed by atoms with Gasteiger partial charge in [0, 0.05) is 13.2 Å². The van der Waals surface area contributed by atoms with Crippen LogP contribution in [0.25, 0.3) is 0 Å². The van der Waals surface area contributed by atoms with Gasteiger partial charge >= 0.3 is 0 Å². The van der Waals surface area contributed by atoms with E-state index in [4.69, 9.17) is 5.11 Å². The first kappa shape index (κ1) is 8.88. The van der Waals surface area contributed by atoms with Gasteiger partial charge in [0.15, 0.2) is 6.79 Å². The molecule has 0 saturated heterocycles. The number of hydrogen-bond donors (Lipinski definition) is 1. The SMILES string of the molecule is [O]COCCCCCO. The van der Waals surface area contributed by atoms with E-state index in [1.165, 1.54) is 0 Å². The molecule has 0 aromatic rings. The van der Waals surface area contributed by atoms with Crippen LogP contribution in [0.5, 0.6) is 0 Å². The fraction of sp³-hybridized carbons (Fsp3) is 1.00. The van der Waals surface area contributed by atoms with Gasteiger partial charge in [0.25, 0.3) is 0 Å². The maximum Gasteiger partial charge on any atom is 0.180 e. The van der Waals surface area contributed by atoms with Crippen molar-refractivity contribution in [3.63, 3.8) is 0 Å². The summed E-state index contributed by atoms with van der Waals surface area (Å²) in [6, 6.07) is 0. The molecular formula is C6H13O3. The first-order chi connectivity index (χ1) is 4.41. The monoisotopic (exact) mass is 133 g/mol. The van der Waals surface area contributed by atoms with Gasteiger partial charge < -0.3 is 9.84 Å². The summed E-state index contributed by atoms with van der Waals surface area (Å²) in [5.74, 6) is 0. The fourth-order valence-corrected chi connectivity index (χ4v) is 0.552. The Labute approximate surface area is 55.3 Å². The van der Waals surface area contributed by atoms with Gasteiger partial charge in [0.05, 0.1) is 0 Å². The first-order valence-corrected chi connectivity index (χ1v) is 3.18. The van der Waals surface area contributed by atoms with Crippen molar-refractivity contribution in [3.05, 3.63) is 0 Å². The van der Waals surface area contributed by atoms with Crippen molar-refractivity contribution >= 4 is 0 Å². The molecule has 0 aliphatic carbocycles. The molecule has 0 fully saturated rings. The zero-order valence-corrected chi connectivity index (χ0v) is 5.51. The predicted octanol–water partition coefficient (Wildman–Crippen LogP) is 0.554. The molecule has 55 valence electrons. The molecule has 1 radical (unpaired) electrons. The van der Waals surface area contributed by atoms with Gasteiger partial charge in [-0.1, -0.05) is 0 Å². The lowest BCUT2D eigenvalue weighted by molar-refractivity contribution is -0.0447. The standard InChI is InChI=1S/C6H13O3/c7-4-2-1-3-5-9-6-8/h7H,1-6H2. The molecule has 9 heavy (non-hydrogen) atoms. The first-order valence-electron chi connectivity index (χ1n) is 3.18. The van der Waals surface area contributed by atoms with E-state index in [1.807, 2.05) is 0 Å². The van der Waals surface area contributed by atoms with E-state index in [0.717, 1.165) is 19.3 Å². The Balaban J connectivity index is 2.60. The van der Waals surface area contributed by atoms with E-state index in [-0.39, 0.29) is 6.61 Å². The average Bonchev–Trinajstić information content (AvgIpc) is 1.89. The molecule has 0 aliphatic heterocycles. The zero-order valence-electron chi connectivity index (χ0n) is 5.51. The van der Waals surface area contributed by atoms with Crippen molar-refractivity contribution < 1.29 is 14.9 Å². The van der Waals surface area contributed by atoms with Gasteiger partial charge in [-0.2, -0.15) is 0 Å². The van der Waals surface area contributed by atoms with E-state index in [0.29, 0.717) is 6.61 Å². The normalized spacial score (nSPS) is 10.0. The van der Waals surface area contributed by atoms with Gasteiger partial charge in [0.2, 0.25) is 0 Å². The van der Waals surface area contributed by atoms with Crippen molar-refractivity contribution in [2.45, 2.75) is 19.3 Å². The van der Waals surface area contributed by atoms with Gasteiger partial charge in [-0.05, 0) is 19.3 Å². The molecule has 3 heteroatoms. The minimum atomic E-state index is -0.445. The number of ether oxygens (including phenoxy) is 1. The van der Waals surface area contributed by atoms with Crippen LogP contribution in [0.1, 0.15) is 19.3 Å². The Bertz CT molecular complexity index is 41.6. The van der Waals surface area contributed by atoms with Crippen molar-refractivity contribution in [3.8, 4) is 0 Å². The predicted molar refractivity (Wildman–Crippen MR) is 32.4 cm³/mol. The highest BCUT2D eigenvalue weighted by molar-refractivity contribution is 4.37. The summed E-state index contributed by atoms with van der Waals surface area (Å²) in [5, 5.41) is 18.0. The zero-order chi connectivity index (χ0) is 6.95. The second-order valence-electron chi connectivity index (χ2n) is 1.81. The maximum atomic E-state index is 9.69. The van der Waals surface area contributed by atoms with Crippen LogP contribution in [0.4, 0.5) is 0 Å². The molecule has 0 heterocycles. The third-order valence-electron chi connectivity index (χ3n) is 1.03. The van der Waals surface area contributed by atoms with Crippen LogP contribution in [0.3, 0.4) is 0 Å². The largest absolute Gasteiger partial charge is 0.396 e. The number of unbranched alkanes of at least 4 members (excludes halogenated alkanes) is 2. The Morgan fingerprint density at radius 2 is 2.00 bits per heavy atom. The van der Waals surface area contributed by atoms with Crippen LogP contribution in [0.15, 0.2) is 0 Å². The highest BCUT2D eigenvalue weighted by Crippen LogP contribution is 1.93. The molecule has 0 aromatic heterocycles. The molecular weight excluding hydrogens is 120 g/mol. The van der Waals surface area contributed by atoms with Crippen LogP contribution < -0.4 is 0 Å². The lowest BCUT2D eigenvalue weighted by atomic mass is 10.2. The highest BCUT2D eigenvalue weighted by Gasteiger charge is 1.86. The number of aliphatic hydroxyl groups is 1. The maximum absolute atomic E-state index is 9.69. The van der Waals surface area contributed by atoms with Crippen molar-refractivity contribution in [1.82, 2.24) is 0 Å². The summed E-state index contributed by atoms with van der Waals surface area (Å²) in [7, 11) is 0. The fourth-order valence-electron chi connectivity index (χ4n) is 0.552. The summed E-state index contributed by atoms with van der Waals surface area (Å²) < 4.78 is 4.54. The highest BCUT2D eigenvalue weighted by atomic mass is 16.6. The molecule has 0 rings (SSSR count).